The lowest BCUT2D eigenvalue weighted by Crippen LogP contribution is -2.35. The van der Waals surface area contributed by atoms with Crippen molar-refractivity contribution in [1.82, 2.24) is 29.4 Å². The van der Waals surface area contributed by atoms with Gasteiger partial charge < -0.3 is 24.1 Å². The summed E-state index contributed by atoms with van der Waals surface area (Å²) in [5.74, 6) is -0.365. The van der Waals surface area contributed by atoms with Gasteiger partial charge in [0, 0.05) is 33.1 Å². The van der Waals surface area contributed by atoms with Gasteiger partial charge in [-0.3, -0.25) is 9.59 Å². The van der Waals surface area contributed by atoms with Gasteiger partial charge in [-0.1, -0.05) is 0 Å². The molecule has 3 aromatic heterocycles. The summed E-state index contributed by atoms with van der Waals surface area (Å²) in [4.78, 5) is 41.4. The van der Waals surface area contributed by atoms with Crippen LogP contribution in [0.3, 0.4) is 0 Å². The zero-order valence-electron chi connectivity index (χ0n) is 19.9. The number of fused-ring (bicyclic) bond motifs is 1. The van der Waals surface area contributed by atoms with Crippen LogP contribution in [0.25, 0.3) is 0 Å². The lowest BCUT2D eigenvalue weighted by molar-refractivity contribution is -0.139. The maximum absolute atomic E-state index is 13.1. The Morgan fingerprint density at radius 2 is 1.89 bits per heavy atom. The molecule has 0 aliphatic carbocycles. The number of alkyl halides is 3. The number of imidazole rings is 1. The number of anilines is 1. The van der Waals surface area contributed by atoms with E-state index in [-0.39, 0.29) is 23.7 Å². The predicted molar refractivity (Wildman–Crippen MR) is 124 cm³/mol. The maximum atomic E-state index is 13.1. The Morgan fingerprint density at radius 1 is 1.14 bits per heavy atom. The van der Waals surface area contributed by atoms with Crippen LogP contribution in [0.4, 0.5) is 18.9 Å². The third-order valence-corrected chi connectivity index (χ3v) is 6.14. The summed E-state index contributed by atoms with van der Waals surface area (Å²) in [6, 6.07) is 0.987. The Labute approximate surface area is 204 Å². The van der Waals surface area contributed by atoms with Gasteiger partial charge in [-0.2, -0.15) is 13.2 Å². The van der Waals surface area contributed by atoms with Crippen LogP contribution < -0.4 is 15.2 Å². The van der Waals surface area contributed by atoms with E-state index in [0.717, 1.165) is 39.1 Å². The summed E-state index contributed by atoms with van der Waals surface area (Å²) in [6.45, 7) is 2.42. The smallest absolute Gasteiger partial charge is 0.421 e. The van der Waals surface area contributed by atoms with Crippen molar-refractivity contribution < 1.29 is 22.7 Å². The number of aryl methyl sites for hydroxylation is 1. The van der Waals surface area contributed by atoms with Crippen LogP contribution in [-0.2, 0) is 26.2 Å². The summed E-state index contributed by atoms with van der Waals surface area (Å²) >= 11 is 0. The molecule has 13 heteroatoms. The summed E-state index contributed by atoms with van der Waals surface area (Å²) in [5, 5.41) is 0. The number of methoxy groups -OCH3 is 1. The van der Waals surface area contributed by atoms with E-state index in [1.165, 1.54) is 12.5 Å². The quantitative estimate of drug-likeness (QED) is 0.582. The number of aromatic nitrogens is 5. The van der Waals surface area contributed by atoms with Gasteiger partial charge in [-0.25, -0.2) is 15.0 Å². The number of carbonyl (C=O) groups excluding carboxylic acids is 1. The molecule has 0 atom stereocenters. The molecule has 10 nitrogen and oxygen atoms in total. The fourth-order valence-corrected chi connectivity index (χ4v) is 4.20. The van der Waals surface area contributed by atoms with Gasteiger partial charge in [0.2, 0.25) is 5.88 Å². The topological polar surface area (TPSA) is 109 Å². The van der Waals surface area contributed by atoms with Crippen LogP contribution in [0.5, 0.6) is 5.88 Å². The molecule has 0 unspecified atom stereocenters. The van der Waals surface area contributed by atoms with Gasteiger partial charge in [-0.05, 0) is 18.9 Å². The number of amides is 1. The molecule has 0 radical (unpaired) electrons. The first-order valence-corrected chi connectivity index (χ1v) is 11.4. The summed E-state index contributed by atoms with van der Waals surface area (Å²) in [5.41, 5.74) is 0.875. The van der Waals surface area contributed by atoms with Crippen molar-refractivity contribution in [3.63, 3.8) is 0 Å². The minimum absolute atomic E-state index is 0.109. The fraction of sp³-hybridized carbons (Fsp3) is 0.435. The molecule has 2 aliphatic rings. The van der Waals surface area contributed by atoms with E-state index in [4.69, 9.17) is 0 Å². The largest absolute Gasteiger partial charge is 0.481 e. The van der Waals surface area contributed by atoms with Gasteiger partial charge in [0.25, 0.3) is 11.5 Å². The SMILES string of the molecule is COc1ncc(N2CCc3nc[nH]c(=O)c3C2)cc1C(F)(F)F.Cn1cncc1C(=O)N1CCCC1. The number of H-pyrrole nitrogens is 1. The van der Waals surface area contributed by atoms with Gasteiger partial charge >= 0.3 is 6.18 Å². The number of halogens is 3. The predicted octanol–water partition coefficient (Wildman–Crippen LogP) is 2.41. The molecule has 36 heavy (non-hydrogen) atoms. The first kappa shape index (κ1) is 25.2. The van der Waals surface area contributed by atoms with Crippen LogP contribution in [0.15, 0.2) is 35.9 Å². The van der Waals surface area contributed by atoms with Gasteiger partial charge in [-0.15, -0.1) is 0 Å². The molecule has 1 fully saturated rings. The van der Waals surface area contributed by atoms with Crippen LogP contribution in [0, 0.1) is 0 Å². The molecule has 2 aliphatic heterocycles. The van der Waals surface area contributed by atoms with E-state index in [0.29, 0.717) is 29.9 Å². The molecule has 1 N–H and O–H groups in total. The van der Waals surface area contributed by atoms with Crippen molar-refractivity contribution in [2.75, 3.05) is 31.6 Å². The van der Waals surface area contributed by atoms with Crippen LogP contribution >= 0.6 is 0 Å². The van der Waals surface area contributed by atoms with E-state index in [1.54, 1.807) is 22.0 Å². The Morgan fingerprint density at radius 3 is 2.53 bits per heavy atom. The zero-order valence-corrected chi connectivity index (χ0v) is 19.9. The van der Waals surface area contributed by atoms with Crippen LogP contribution in [0.1, 0.15) is 40.2 Å². The standard InChI is InChI=1S/C14H13F3N4O2.C9H13N3O/c1-23-13-10(14(15,16)17)4-8(5-18-13)21-3-2-11-9(6-21)12(22)20-7-19-11;1-11-7-10-6-8(11)9(13)12-4-2-3-5-12/h4-5,7H,2-3,6H2,1H3,(H,19,20,22);6-7H,2-5H2,1H3. The second kappa shape index (κ2) is 10.4. The Hall–Kier alpha value is -3.90. The van der Waals surface area contributed by atoms with Crippen molar-refractivity contribution in [2.45, 2.75) is 32.0 Å². The first-order chi connectivity index (χ1) is 17.2. The number of carbonyl (C=O) groups is 1. The van der Waals surface area contributed by atoms with Crippen molar-refractivity contribution in [2.24, 2.45) is 7.05 Å². The number of nitrogens with one attached hydrogen (secondary N) is 1. The highest BCUT2D eigenvalue weighted by molar-refractivity contribution is 5.92. The summed E-state index contributed by atoms with van der Waals surface area (Å²) in [7, 11) is 2.98. The number of aromatic amines is 1. The van der Waals surface area contributed by atoms with Crippen molar-refractivity contribution in [3.05, 3.63) is 64.0 Å². The molecule has 1 saturated heterocycles. The van der Waals surface area contributed by atoms with E-state index in [1.807, 2.05) is 11.9 Å². The molecule has 0 saturated carbocycles. The molecular weight excluding hydrogens is 479 g/mol. The van der Waals surface area contributed by atoms with Crippen molar-refractivity contribution in [3.8, 4) is 5.88 Å². The van der Waals surface area contributed by atoms with Crippen LogP contribution in [0.2, 0.25) is 0 Å². The van der Waals surface area contributed by atoms with Crippen molar-refractivity contribution in [1.29, 1.82) is 0 Å². The highest BCUT2D eigenvalue weighted by Crippen LogP contribution is 2.37. The average Bonchev–Trinajstić information content (AvgIpc) is 3.55. The van der Waals surface area contributed by atoms with E-state index >= 15 is 0 Å². The zero-order chi connectivity index (χ0) is 25.9. The number of hydrogen-bond donors (Lipinski definition) is 1. The number of rotatable bonds is 3. The minimum Gasteiger partial charge on any atom is -0.481 e. The molecule has 192 valence electrons. The Balaban J connectivity index is 0.000000197. The molecule has 5 heterocycles. The number of ether oxygens (including phenoxy) is 1. The molecule has 3 aromatic rings. The Kier molecular flexibility index (Phi) is 7.27. The molecule has 1 amide bonds. The number of hydrogen-bond acceptors (Lipinski definition) is 7. The third kappa shape index (κ3) is 5.34. The van der Waals surface area contributed by atoms with Gasteiger partial charge in [0.05, 0.1) is 55.6 Å². The molecule has 0 aromatic carbocycles. The molecular formula is C23H26F3N7O3. The van der Waals surface area contributed by atoms with E-state index < -0.39 is 17.6 Å². The molecule has 5 rings (SSSR count). The first-order valence-electron chi connectivity index (χ1n) is 11.4. The second-order valence-corrected chi connectivity index (χ2v) is 8.47. The third-order valence-electron chi connectivity index (χ3n) is 6.14. The summed E-state index contributed by atoms with van der Waals surface area (Å²) in [6.07, 6.45) is 4.09. The lowest BCUT2D eigenvalue weighted by atomic mass is 10.1. The maximum Gasteiger partial charge on any atom is 0.421 e. The normalized spacial score (nSPS) is 15.2. The fourth-order valence-electron chi connectivity index (χ4n) is 4.20. The molecule has 0 spiro atoms. The molecule has 0 bridgehead atoms. The van der Waals surface area contributed by atoms with E-state index in [2.05, 4.69) is 24.7 Å². The minimum atomic E-state index is -4.57. The highest BCUT2D eigenvalue weighted by Gasteiger charge is 2.36. The average molecular weight is 506 g/mol. The van der Waals surface area contributed by atoms with Crippen LogP contribution in [-0.4, -0.2) is 62.1 Å². The second-order valence-electron chi connectivity index (χ2n) is 8.47. The van der Waals surface area contributed by atoms with E-state index in [9.17, 15) is 22.8 Å². The summed E-state index contributed by atoms with van der Waals surface area (Å²) < 4.78 is 45.7. The number of likely N-dealkylation sites (tertiary alicyclic amines) is 1. The Bertz CT molecular complexity index is 1280. The van der Waals surface area contributed by atoms with Crippen molar-refractivity contribution >= 4 is 11.6 Å². The number of nitrogens with zero attached hydrogens (tertiary/aromatic N) is 6. The number of pyridine rings is 1. The monoisotopic (exact) mass is 505 g/mol. The highest BCUT2D eigenvalue weighted by atomic mass is 19.4. The van der Waals surface area contributed by atoms with Gasteiger partial charge in [0.1, 0.15) is 11.3 Å². The lowest BCUT2D eigenvalue weighted by Gasteiger charge is -2.29. The van der Waals surface area contributed by atoms with Gasteiger partial charge in [0.15, 0.2) is 0 Å².